The van der Waals surface area contributed by atoms with Crippen LogP contribution < -0.4 is 5.32 Å². The van der Waals surface area contributed by atoms with Crippen LogP contribution in [0, 0.1) is 0 Å². The average Bonchev–Trinajstić information content (AvgIpc) is 2.54. The zero-order valence-corrected chi connectivity index (χ0v) is 16.6. The van der Waals surface area contributed by atoms with Crippen LogP contribution in [-0.2, 0) is 16.0 Å². The largest absolute Gasteiger partial charge is 0.511 e. The summed E-state index contributed by atoms with van der Waals surface area (Å²) >= 11 is 5.22. The van der Waals surface area contributed by atoms with E-state index in [9.17, 15) is 23.5 Å². The maximum atomic E-state index is 12.8. The SMILES string of the molecule is CC(C)(C)OC(=O)N1CCC(O)=C(C(=S)Nc2ccccc2CC(F)F)C1=O. The Balaban J connectivity index is 2.23. The lowest BCUT2D eigenvalue weighted by Gasteiger charge is -2.30. The van der Waals surface area contributed by atoms with Crippen molar-refractivity contribution in [3.8, 4) is 0 Å². The number of aliphatic hydroxyl groups excluding tert-OH is 1. The van der Waals surface area contributed by atoms with Crippen molar-refractivity contribution in [1.82, 2.24) is 4.90 Å². The maximum Gasteiger partial charge on any atom is 0.417 e. The highest BCUT2D eigenvalue weighted by Crippen LogP contribution is 2.24. The van der Waals surface area contributed by atoms with Gasteiger partial charge in [-0.05, 0) is 32.4 Å². The minimum Gasteiger partial charge on any atom is -0.511 e. The number of hydrogen-bond donors (Lipinski definition) is 2. The van der Waals surface area contributed by atoms with E-state index in [0.717, 1.165) is 4.90 Å². The number of imide groups is 1. The number of nitrogens with zero attached hydrogens (tertiary/aromatic N) is 1. The number of benzene rings is 1. The lowest BCUT2D eigenvalue weighted by Crippen LogP contribution is -2.46. The van der Waals surface area contributed by atoms with Crippen LogP contribution in [0.2, 0.25) is 0 Å². The third-order valence-electron chi connectivity index (χ3n) is 3.80. The molecule has 1 aliphatic heterocycles. The molecule has 1 aromatic rings. The second-order valence-corrected chi connectivity index (χ2v) is 7.62. The lowest BCUT2D eigenvalue weighted by molar-refractivity contribution is -0.126. The third-order valence-corrected chi connectivity index (χ3v) is 4.11. The van der Waals surface area contributed by atoms with Gasteiger partial charge in [-0.3, -0.25) is 4.79 Å². The molecule has 0 spiro atoms. The van der Waals surface area contributed by atoms with Gasteiger partial charge < -0.3 is 15.2 Å². The summed E-state index contributed by atoms with van der Waals surface area (Å²) in [6, 6.07) is 6.30. The predicted octanol–water partition coefficient (Wildman–Crippen LogP) is 4.21. The van der Waals surface area contributed by atoms with Gasteiger partial charge in [-0.25, -0.2) is 18.5 Å². The summed E-state index contributed by atoms with van der Waals surface area (Å²) in [6.45, 7) is 4.95. The Kier molecular flexibility index (Phi) is 6.71. The number of rotatable bonds is 4. The van der Waals surface area contributed by atoms with E-state index in [2.05, 4.69) is 5.32 Å². The second-order valence-electron chi connectivity index (χ2n) is 7.22. The van der Waals surface area contributed by atoms with E-state index in [1.807, 2.05) is 0 Å². The molecule has 9 heteroatoms. The molecule has 1 heterocycles. The molecule has 28 heavy (non-hydrogen) atoms. The standard InChI is InChI=1S/C19H22F2N2O4S/c1-19(2,3)27-18(26)23-9-8-13(24)15(17(23)25)16(28)22-12-7-5-4-6-11(12)10-14(20)21/h4-7,14,24H,8-10H2,1-3H3,(H,22,28). The van der Waals surface area contributed by atoms with Gasteiger partial charge in [-0.15, -0.1) is 0 Å². The van der Waals surface area contributed by atoms with Crippen LogP contribution >= 0.6 is 12.2 Å². The van der Waals surface area contributed by atoms with Crippen molar-refractivity contribution < 1.29 is 28.2 Å². The Labute approximate surface area is 167 Å². The molecule has 2 amide bonds. The molecular formula is C19H22F2N2O4S. The van der Waals surface area contributed by atoms with E-state index in [1.54, 1.807) is 39.0 Å². The second kappa shape index (κ2) is 8.64. The molecule has 0 saturated carbocycles. The van der Waals surface area contributed by atoms with Crippen LogP contribution in [0.1, 0.15) is 32.8 Å². The minimum absolute atomic E-state index is 0.0147. The quantitative estimate of drug-likeness (QED) is 0.721. The molecule has 2 N–H and O–H groups in total. The highest BCUT2D eigenvalue weighted by Gasteiger charge is 2.36. The zero-order valence-electron chi connectivity index (χ0n) is 15.8. The first kappa shape index (κ1) is 21.7. The van der Waals surface area contributed by atoms with Crippen LogP contribution in [0.4, 0.5) is 19.3 Å². The van der Waals surface area contributed by atoms with Crippen molar-refractivity contribution >= 4 is 34.9 Å². The third kappa shape index (κ3) is 5.48. The molecule has 0 saturated heterocycles. The molecule has 0 aromatic heterocycles. The van der Waals surface area contributed by atoms with Gasteiger partial charge in [0.2, 0.25) is 6.43 Å². The van der Waals surface area contributed by atoms with Gasteiger partial charge in [0.15, 0.2) is 0 Å². The van der Waals surface area contributed by atoms with Crippen LogP contribution in [-0.4, -0.2) is 45.6 Å². The zero-order chi connectivity index (χ0) is 21.1. The number of halogens is 2. The number of ether oxygens (including phenoxy) is 1. The number of nitrogens with one attached hydrogen (secondary N) is 1. The van der Waals surface area contributed by atoms with Gasteiger partial charge in [0.25, 0.3) is 5.91 Å². The Bertz CT molecular complexity index is 818. The van der Waals surface area contributed by atoms with E-state index in [-0.39, 0.29) is 29.3 Å². The van der Waals surface area contributed by atoms with Crippen molar-refractivity contribution in [1.29, 1.82) is 0 Å². The summed E-state index contributed by atoms with van der Waals surface area (Å²) in [7, 11) is 0. The summed E-state index contributed by atoms with van der Waals surface area (Å²) in [4.78, 5) is 25.7. The maximum absolute atomic E-state index is 12.8. The minimum atomic E-state index is -2.55. The fourth-order valence-electron chi connectivity index (χ4n) is 2.59. The van der Waals surface area contributed by atoms with E-state index in [1.165, 1.54) is 6.07 Å². The molecule has 6 nitrogen and oxygen atoms in total. The Morgan fingerprint density at radius 2 is 2.00 bits per heavy atom. The van der Waals surface area contributed by atoms with Gasteiger partial charge in [0.1, 0.15) is 21.9 Å². The van der Waals surface area contributed by atoms with E-state index < -0.39 is 30.4 Å². The number of amides is 2. The summed E-state index contributed by atoms with van der Waals surface area (Å²) in [6.07, 6.45) is -3.87. The topological polar surface area (TPSA) is 78.9 Å². The number of carbonyl (C=O) groups excluding carboxylic acids is 2. The normalized spacial score (nSPS) is 15.1. The number of anilines is 1. The van der Waals surface area contributed by atoms with Crippen LogP contribution in [0.3, 0.4) is 0 Å². The average molecular weight is 412 g/mol. The summed E-state index contributed by atoms with van der Waals surface area (Å²) in [5.74, 6) is -1.07. The van der Waals surface area contributed by atoms with E-state index in [4.69, 9.17) is 17.0 Å². The molecule has 0 bridgehead atoms. The van der Waals surface area contributed by atoms with Crippen LogP contribution in [0.5, 0.6) is 0 Å². The predicted molar refractivity (Wildman–Crippen MR) is 105 cm³/mol. The highest BCUT2D eigenvalue weighted by molar-refractivity contribution is 7.81. The molecule has 0 fully saturated rings. The molecular weight excluding hydrogens is 390 g/mol. The number of para-hydroxylation sites is 1. The van der Waals surface area contributed by atoms with Crippen molar-refractivity contribution in [2.24, 2.45) is 0 Å². The summed E-state index contributed by atoms with van der Waals surface area (Å²) in [5, 5.41) is 12.9. The first-order valence-electron chi connectivity index (χ1n) is 8.64. The van der Waals surface area contributed by atoms with E-state index >= 15 is 0 Å². The van der Waals surface area contributed by atoms with Gasteiger partial charge in [-0.2, -0.15) is 0 Å². The Morgan fingerprint density at radius 3 is 2.61 bits per heavy atom. The fraction of sp³-hybridized carbons (Fsp3) is 0.421. The molecule has 2 rings (SSSR count). The van der Waals surface area contributed by atoms with Gasteiger partial charge in [0, 0.05) is 25.1 Å². The first-order chi connectivity index (χ1) is 13.0. The van der Waals surface area contributed by atoms with Crippen LogP contribution in [0.15, 0.2) is 35.6 Å². The number of alkyl halides is 2. The van der Waals surface area contributed by atoms with Crippen molar-refractivity contribution in [2.45, 2.75) is 45.6 Å². The molecule has 1 aliphatic rings. The van der Waals surface area contributed by atoms with Crippen molar-refractivity contribution in [3.05, 3.63) is 41.2 Å². The Morgan fingerprint density at radius 1 is 1.36 bits per heavy atom. The summed E-state index contributed by atoms with van der Waals surface area (Å²) < 4.78 is 30.7. The lowest BCUT2D eigenvalue weighted by atomic mass is 10.1. The molecule has 0 atom stereocenters. The van der Waals surface area contributed by atoms with Crippen LogP contribution in [0.25, 0.3) is 0 Å². The van der Waals surface area contributed by atoms with Gasteiger partial charge in [-0.1, -0.05) is 30.4 Å². The molecule has 0 aliphatic carbocycles. The fourth-order valence-corrected chi connectivity index (χ4v) is 2.91. The molecule has 1 aromatic carbocycles. The molecule has 152 valence electrons. The monoisotopic (exact) mass is 412 g/mol. The molecule has 0 unspecified atom stereocenters. The smallest absolute Gasteiger partial charge is 0.417 e. The highest BCUT2D eigenvalue weighted by atomic mass is 32.1. The molecule has 0 radical (unpaired) electrons. The van der Waals surface area contributed by atoms with Crippen molar-refractivity contribution in [2.75, 3.05) is 11.9 Å². The summed E-state index contributed by atoms with van der Waals surface area (Å²) in [5.41, 5.74) is -0.435. The number of thiocarbonyl (C=S) groups is 1. The Hall–Kier alpha value is -2.55. The van der Waals surface area contributed by atoms with Gasteiger partial charge in [0.05, 0.1) is 0 Å². The van der Waals surface area contributed by atoms with Crippen molar-refractivity contribution in [3.63, 3.8) is 0 Å². The first-order valence-corrected chi connectivity index (χ1v) is 9.05. The van der Waals surface area contributed by atoms with Gasteiger partial charge >= 0.3 is 6.09 Å². The number of carbonyl (C=O) groups is 2. The number of aliphatic hydroxyl groups is 1. The number of hydrogen-bond acceptors (Lipinski definition) is 5. The van der Waals surface area contributed by atoms with E-state index in [0.29, 0.717) is 11.3 Å².